The number of carbonyl (C=O) groups excluding carboxylic acids is 1. The van der Waals surface area contributed by atoms with Crippen LogP contribution in [0, 0.1) is 0 Å². The van der Waals surface area contributed by atoms with E-state index in [4.69, 9.17) is 0 Å². The molecule has 1 aromatic carbocycles. The van der Waals surface area contributed by atoms with Crippen molar-refractivity contribution in [3.63, 3.8) is 0 Å². The van der Waals surface area contributed by atoms with Gasteiger partial charge in [-0.15, -0.1) is 0 Å². The van der Waals surface area contributed by atoms with E-state index in [1.165, 1.54) is 82.6 Å². The number of hydrogen-bond acceptors (Lipinski definition) is 1. The van der Waals surface area contributed by atoms with E-state index in [1.807, 2.05) is 12.1 Å². The van der Waals surface area contributed by atoms with Crippen molar-refractivity contribution in [1.29, 1.82) is 0 Å². The fourth-order valence-electron chi connectivity index (χ4n) is 3.59. The van der Waals surface area contributed by atoms with Crippen LogP contribution in [0.2, 0.25) is 0 Å². The molecule has 0 spiro atoms. The minimum absolute atomic E-state index is 0.316. The van der Waals surface area contributed by atoms with Crippen LogP contribution in [0.5, 0.6) is 0 Å². The van der Waals surface area contributed by atoms with Crippen LogP contribution in [-0.2, 0) is 6.42 Å². The Morgan fingerprint density at radius 2 is 1.08 bits per heavy atom. The van der Waals surface area contributed by atoms with Gasteiger partial charge in [0.2, 0.25) is 0 Å². The lowest BCUT2D eigenvalue weighted by Crippen LogP contribution is -1.99. The molecule has 0 fully saturated rings. The zero-order chi connectivity index (χ0) is 18.9. The summed E-state index contributed by atoms with van der Waals surface area (Å²) >= 11 is 0. The monoisotopic (exact) mass is 358 g/mol. The number of Topliss-reactive ketones (excluding diaryl/α,β-unsaturated/α-hetero) is 1. The smallest absolute Gasteiger partial charge is 0.162 e. The third-order valence-corrected chi connectivity index (χ3v) is 5.32. The predicted octanol–water partition coefficient (Wildman–Crippen LogP) is 8.30. The van der Waals surface area contributed by atoms with Crippen molar-refractivity contribution in [2.24, 2.45) is 0 Å². The molecule has 0 saturated heterocycles. The maximum Gasteiger partial charge on any atom is 0.162 e. The van der Waals surface area contributed by atoms with Crippen molar-refractivity contribution in [3.8, 4) is 0 Å². The minimum Gasteiger partial charge on any atom is -0.294 e. The van der Waals surface area contributed by atoms with Gasteiger partial charge in [0.05, 0.1) is 0 Å². The first-order valence-electron chi connectivity index (χ1n) is 11.4. The number of unbranched alkanes of at least 4 members (excludes halogenated alkanes) is 12. The third-order valence-electron chi connectivity index (χ3n) is 5.32. The Kier molecular flexibility index (Phi) is 14.2. The summed E-state index contributed by atoms with van der Waals surface area (Å²) in [6.07, 6.45) is 20.5. The summed E-state index contributed by atoms with van der Waals surface area (Å²) < 4.78 is 0. The van der Waals surface area contributed by atoms with Crippen molar-refractivity contribution in [2.45, 2.75) is 117 Å². The van der Waals surface area contributed by atoms with Crippen LogP contribution in [0.3, 0.4) is 0 Å². The molecular weight excluding hydrogens is 316 g/mol. The van der Waals surface area contributed by atoms with Gasteiger partial charge in [-0.2, -0.15) is 0 Å². The van der Waals surface area contributed by atoms with Crippen molar-refractivity contribution in [3.05, 3.63) is 35.4 Å². The first-order valence-corrected chi connectivity index (χ1v) is 11.4. The Morgan fingerprint density at radius 1 is 0.615 bits per heavy atom. The van der Waals surface area contributed by atoms with Crippen molar-refractivity contribution < 1.29 is 4.79 Å². The summed E-state index contributed by atoms with van der Waals surface area (Å²) in [5.74, 6) is 0.316. The molecule has 0 amide bonds. The van der Waals surface area contributed by atoms with E-state index in [1.54, 1.807) is 0 Å². The van der Waals surface area contributed by atoms with E-state index < -0.39 is 0 Å². The molecule has 1 nitrogen and oxygen atoms in total. The lowest BCUT2D eigenvalue weighted by molar-refractivity contribution is 0.0979. The highest BCUT2D eigenvalue weighted by Crippen LogP contribution is 2.14. The Labute approximate surface area is 163 Å². The first kappa shape index (κ1) is 22.9. The largest absolute Gasteiger partial charge is 0.294 e. The first-order chi connectivity index (χ1) is 12.8. The van der Waals surface area contributed by atoms with Gasteiger partial charge in [0.1, 0.15) is 0 Å². The topological polar surface area (TPSA) is 17.1 Å². The standard InChI is InChI=1S/C25H42O/c1-3-5-6-7-8-9-10-11-12-13-14-15-16-18-25(26)24-21-19-23(17-4-2)20-22-24/h19-22H,3-18H2,1-2H3. The van der Waals surface area contributed by atoms with Gasteiger partial charge in [-0.05, 0) is 18.4 Å². The van der Waals surface area contributed by atoms with Gasteiger partial charge in [-0.3, -0.25) is 4.79 Å². The van der Waals surface area contributed by atoms with Gasteiger partial charge in [-0.25, -0.2) is 0 Å². The molecular formula is C25H42O. The van der Waals surface area contributed by atoms with Crippen molar-refractivity contribution >= 4 is 5.78 Å². The maximum absolute atomic E-state index is 12.2. The summed E-state index contributed by atoms with van der Waals surface area (Å²) in [5.41, 5.74) is 2.23. The molecule has 0 atom stereocenters. The molecule has 0 unspecified atom stereocenters. The van der Waals surface area contributed by atoms with Crippen LogP contribution < -0.4 is 0 Å². The fraction of sp³-hybridized carbons (Fsp3) is 0.720. The van der Waals surface area contributed by atoms with Crippen LogP contribution in [0.25, 0.3) is 0 Å². The molecule has 0 N–H and O–H groups in total. The van der Waals surface area contributed by atoms with Crippen molar-refractivity contribution in [2.75, 3.05) is 0 Å². The highest BCUT2D eigenvalue weighted by atomic mass is 16.1. The van der Waals surface area contributed by atoms with E-state index in [2.05, 4.69) is 26.0 Å². The number of benzene rings is 1. The van der Waals surface area contributed by atoms with Gasteiger partial charge in [0.25, 0.3) is 0 Å². The van der Waals surface area contributed by atoms with Gasteiger partial charge in [-0.1, -0.05) is 122 Å². The Bertz CT molecular complexity index is 446. The van der Waals surface area contributed by atoms with Crippen LogP contribution in [0.15, 0.2) is 24.3 Å². The number of ketones is 1. The van der Waals surface area contributed by atoms with Gasteiger partial charge in [0, 0.05) is 12.0 Å². The van der Waals surface area contributed by atoms with E-state index >= 15 is 0 Å². The van der Waals surface area contributed by atoms with Crippen LogP contribution in [0.1, 0.15) is 126 Å². The molecule has 26 heavy (non-hydrogen) atoms. The molecule has 1 heteroatoms. The quantitative estimate of drug-likeness (QED) is 0.202. The van der Waals surface area contributed by atoms with Crippen molar-refractivity contribution in [1.82, 2.24) is 0 Å². The van der Waals surface area contributed by atoms with Crippen LogP contribution >= 0.6 is 0 Å². The summed E-state index contributed by atoms with van der Waals surface area (Å²) in [7, 11) is 0. The van der Waals surface area contributed by atoms with Gasteiger partial charge >= 0.3 is 0 Å². The van der Waals surface area contributed by atoms with Crippen LogP contribution in [-0.4, -0.2) is 5.78 Å². The molecule has 0 bridgehead atoms. The highest BCUT2D eigenvalue weighted by Gasteiger charge is 2.05. The third kappa shape index (κ3) is 11.5. The molecule has 148 valence electrons. The molecule has 0 aliphatic rings. The van der Waals surface area contributed by atoms with E-state index in [0.717, 1.165) is 24.8 Å². The Balaban J connectivity index is 1.93. The summed E-state index contributed by atoms with van der Waals surface area (Å²) in [6.45, 7) is 4.47. The fourth-order valence-corrected chi connectivity index (χ4v) is 3.59. The molecule has 1 aromatic rings. The Hall–Kier alpha value is -1.11. The maximum atomic E-state index is 12.2. The highest BCUT2D eigenvalue weighted by molar-refractivity contribution is 5.96. The lowest BCUT2D eigenvalue weighted by Gasteiger charge is -2.04. The summed E-state index contributed by atoms with van der Waals surface area (Å²) in [5, 5.41) is 0. The van der Waals surface area contributed by atoms with Gasteiger partial charge < -0.3 is 0 Å². The lowest BCUT2D eigenvalue weighted by atomic mass is 10.0. The average molecular weight is 359 g/mol. The van der Waals surface area contributed by atoms with E-state index in [9.17, 15) is 4.79 Å². The minimum atomic E-state index is 0.316. The molecule has 0 aliphatic heterocycles. The average Bonchev–Trinajstić information content (AvgIpc) is 2.66. The SMILES string of the molecule is CCCCCCCCCCCCCCCC(=O)c1ccc(CCC)cc1. The predicted molar refractivity (Wildman–Crippen MR) is 115 cm³/mol. The zero-order valence-corrected chi connectivity index (χ0v) is 17.5. The molecule has 0 saturated carbocycles. The molecule has 0 radical (unpaired) electrons. The van der Waals surface area contributed by atoms with E-state index in [-0.39, 0.29) is 0 Å². The molecule has 0 aliphatic carbocycles. The summed E-state index contributed by atoms with van der Waals surface area (Å²) in [6, 6.07) is 8.24. The van der Waals surface area contributed by atoms with E-state index in [0.29, 0.717) is 12.2 Å². The molecule has 0 aromatic heterocycles. The number of hydrogen-bond donors (Lipinski definition) is 0. The molecule has 0 heterocycles. The summed E-state index contributed by atoms with van der Waals surface area (Å²) in [4.78, 5) is 12.2. The second kappa shape index (κ2) is 16.1. The van der Waals surface area contributed by atoms with Gasteiger partial charge in [0.15, 0.2) is 5.78 Å². The second-order valence-electron chi connectivity index (χ2n) is 7.86. The molecule has 1 rings (SSSR count). The Morgan fingerprint density at radius 3 is 1.54 bits per heavy atom. The number of aryl methyl sites for hydroxylation is 1. The zero-order valence-electron chi connectivity index (χ0n) is 17.5. The second-order valence-corrected chi connectivity index (χ2v) is 7.86. The number of rotatable bonds is 17. The van der Waals surface area contributed by atoms with Crippen LogP contribution in [0.4, 0.5) is 0 Å². The normalized spacial score (nSPS) is 11.0. The number of carbonyl (C=O) groups is 1.